The Morgan fingerprint density at radius 1 is 1.17 bits per heavy atom. The van der Waals surface area contributed by atoms with Crippen molar-refractivity contribution < 1.29 is 14.3 Å². The van der Waals surface area contributed by atoms with E-state index in [9.17, 15) is 4.79 Å². The number of benzene rings is 2. The van der Waals surface area contributed by atoms with Crippen molar-refractivity contribution in [3.05, 3.63) is 59.9 Å². The summed E-state index contributed by atoms with van der Waals surface area (Å²) in [5, 5.41) is 8.62. The van der Waals surface area contributed by atoms with Crippen LogP contribution in [0.1, 0.15) is 11.4 Å². The first kappa shape index (κ1) is 19.1. The van der Waals surface area contributed by atoms with E-state index in [2.05, 4.69) is 16.3 Å². The maximum absolute atomic E-state index is 12.6. The largest absolute Gasteiger partial charge is 0.497 e. The van der Waals surface area contributed by atoms with E-state index < -0.39 is 0 Å². The van der Waals surface area contributed by atoms with Gasteiger partial charge in [0.1, 0.15) is 18.1 Å². The topological polar surface area (TPSA) is 95.5 Å². The van der Waals surface area contributed by atoms with Crippen molar-refractivity contribution in [3.63, 3.8) is 0 Å². The number of anilines is 1. The number of carbonyl (C=O) groups is 1. The molecule has 2 aromatic carbocycles. The minimum absolute atomic E-state index is 0.0251. The standard InChI is InChI=1S/C20H21N5O3S/c1-27-15-6-4-7-16(11-15)28-12-18-22-23-20(25(18)21)29-13-19(26)24-10-9-14-5-2-3-8-17(14)24/h2-8,11H,9-10,12-13,21H2,1H3. The van der Waals surface area contributed by atoms with E-state index in [0.29, 0.717) is 29.0 Å². The van der Waals surface area contributed by atoms with Crippen molar-refractivity contribution in [2.24, 2.45) is 0 Å². The number of nitrogens with two attached hydrogens (primary N) is 1. The molecule has 0 bridgehead atoms. The van der Waals surface area contributed by atoms with E-state index in [1.54, 1.807) is 13.2 Å². The average molecular weight is 411 g/mol. The van der Waals surface area contributed by atoms with Crippen molar-refractivity contribution in [2.45, 2.75) is 18.2 Å². The normalized spacial score (nSPS) is 12.7. The summed E-state index contributed by atoms with van der Waals surface area (Å²) in [5.74, 6) is 8.16. The smallest absolute Gasteiger partial charge is 0.237 e. The van der Waals surface area contributed by atoms with Crippen LogP contribution in [0.4, 0.5) is 5.69 Å². The Balaban J connectivity index is 1.35. The number of carbonyl (C=O) groups excluding carboxylic acids is 1. The van der Waals surface area contributed by atoms with Crippen molar-refractivity contribution >= 4 is 23.4 Å². The first-order valence-corrected chi connectivity index (χ1v) is 10.1. The lowest BCUT2D eigenvalue weighted by Gasteiger charge is -2.16. The highest BCUT2D eigenvalue weighted by Gasteiger charge is 2.24. The quantitative estimate of drug-likeness (QED) is 0.471. The molecule has 2 N–H and O–H groups in total. The van der Waals surface area contributed by atoms with Gasteiger partial charge in [-0.05, 0) is 30.2 Å². The van der Waals surface area contributed by atoms with Crippen LogP contribution < -0.4 is 20.2 Å². The molecule has 9 heteroatoms. The number of methoxy groups -OCH3 is 1. The Bertz CT molecular complexity index is 1020. The fourth-order valence-corrected chi connectivity index (χ4v) is 3.90. The number of hydrogen-bond acceptors (Lipinski definition) is 7. The predicted molar refractivity (Wildman–Crippen MR) is 111 cm³/mol. The number of para-hydroxylation sites is 1. The molecule has 1 aromatic heterocycles. The summed E-state index contributed by atoms with van der Waals surface area (Å²) in [5.41, 5.74) is 2.18. The van der Waals surface area contributed by atoms with E-state index >= 15 is 0 Å². The minimum Gasteiger partial charge on any atom is -0.497 e. The Hall–Kier alpha value is -3.20. The fourth-order valence-electron chi connectivity index (χ4n) is 3.14. The van der Waals surface area contributed by atoms with Gasteiger partial charge in [-0.15, -0.1) is 10.2 Å². The maximum Gasteiger partial charge on any atom is 0.237 e. The van der Waals surface area contributed by atoms with Gasteiger partial charge in [-0.25, -0.2) is 4.68 Å². The van der Waals surface area contributed by atoms with Crippen molar-refractivity contribution in [3.8, 4) is 11.5 Å². The van der Waals surface area contributed by atoms with E-state index in [0.717, 1.165) is 12.1 Å². The number of nitrogens with zero attached hydrogens (tertiary/aromatic N) is 4. The molecule has 0 saturated carbocycles. The van der Waals surface area contributed by atoms with Gasteiger partial charge in [0.2, 0.25) is 11.1 Å². The second kappa shape index (κ2) is 8.44. The molecule has 0 radical (unpaired) electrons. The summed E-state index contributed by atoms with van der Waals surface area (Å²) in [6.07, 6.45) is 0.880. The third-order valence-corrected chi connectivity index (χ3v) is 5.59. The molecule has 0 atom stereocenters. The number of thioether (sulfide) groups is 1. The lowest BCUT2D eigenvalue weighted by Crippen LogP contribution is -2.30. The summed E-state index contributed by atoms with van der Waals surface area (Å²) in [7, 11) is 1.60. The first-order valence-electron chi connectivity index (χ1n) is 9.13. The molecule has 0 saturated heterocycles. The van der Waals surface area contributed by atoms with E-state index in [4.69, 9.17) is 15.3 Å². The minimum atomic E-state index is 0.0251. The summed E-state index contributed by atoms with van der Waals surface area (Å²) < 4.78 is 12.2. The van der Waals surface area contributed by atoms with Gasteiger partial charge in [0.25, 0.3) is 0 Å². The molecule has 29 heavy (non-hydrogen) atoms. The summed E-state index contributed by atoms with van der Waals surface area (Å²) in [6, 6.07) is 15.2. The summed E-state index contributed by atoms with van der Waals surface area (Å²) in [4.78, 5) is 14.5. The van der Waals surface area contributed by atoms with Crippen LogP contribution in [-0.4, -0.2) is 40.2 Å². The number of hydrogen-bond donors (Lipinski definition) is 1. The van der Waals surface area contributed by atoms with Crippen LogP contribution >= 0.6 is 11.8 Å². The molecule has 0 unspecified atom stereocenters. The van der Waals surface area contributed by atoms with Gasteiger partial charge in [-0.2, -0.15) is 0 Å². The van der Waals surface area contributed by atoms with Crippen LogP contribution in [0.25, 0.3) is 0 Å². The van der Waals surface area contributed by atoms with Crippen LogP contribution in [0.5, 0.6) is 11.5 Å². The molecule has 0 spiro atoms. The van der Waals surface area contributed by atoms with Gasteiger partial charge in [0.15, 0.2) is 5.82 Å². The molecule has 4 rings (SSSR count). The van der Waals surface area contributed by atoms with Gasteiger partial charge in [-0.3, -0.25) is 4.79 Å². The molecule has 8 nitrogen and oxygen atoms in total. The molecular weight excluding hydrogens is 390 g/mol. The lowest BCUT2D eigenvalue weighted by atomic mass is 10.2. The first-order chi connectivity index (χ1) is 14.2. The predicted octanol–water partition coefficient (Wildman–Crippen LogP) is 2.26. The Kier molecular flexibility index (Phi) is 5.57. The van der Waals surface area contributed by atoms with Gasteiger partial charge in [-0.1, -0.05) is 36.0 Å². The third-order valence-electron chi connectivity index (χ3n) is 4.66. The van der Waals surface area contributed by atoms with E-state index in [-0.39, 0.29) is 18.3 Å². The lowest BCUT2D eigenvalue weighted by molar-refractivity contribution is -0.116. The van der Waals surface area contributed by atoms with Crippen molar-refractivity contribution in [1.29, 1.82) is 0 Å². The van der Waals surface area contributed by atoms with E-state index in [1.807, 2.05) is 41.3 Å². The van der Waals surface area contributed by atoms with Gasteiger partial charge < -0.3 is 20.2 Å². The molecule has 0 aliphatic carbocycles. The molecule has 1 aliphatic heterocycles. The summed E-state index contributed by atoms with van der Waals surface area (Å²) >= 11 is 1.26. The highest BCUT2D eigenvalue weighted by molar-refractivity contribution is 7.99. The SMILES string of the molecule is COc1cccc(OCc2nnc(SCC(=O)N3CCc4ccccc43)n2N)c1. The van der Waals surface area contributed by atoms with Gasteiger partial charge in [0, 0.05) is 18.3 Å². The molecular formula is C20H21N5O3S. The van der Waals surface area contributed by atoms with Crippen LogP contribution in [0.15, 0.2) is 53.7 Å². The maximum atomic E-state index is 12.6. The second-order valence-electron chi connectivity index (χ2n) is 6.45. The zero-order valence-electron chi connectivity index (χ0n) is 15.9. The van der Waals surface area contributed by atoms with Crippen LogP contribution in [0.2, 0.25) is 0 Å². The highest BCUT2D eigenvalue weighted by atomic mass is 32.2. The highest BCUT2D eigenvalue weighted by Crippen LogP contribution is 2.28. The zero-order chi connectivity index (χ0) is 20.2. The Morgan fingerprint density at radius 2 is 2.00 bits per heavy atom. The van der Waals surface area contributed by atoms with Crippen LogP contribution in [0, 0.1) is 0 Å². The van der Waals surface area contributed by atoms with Crippen LogP contribution in [0.3, 0.4) is 0 Å². The Morgan fingerprint density at radius 3 is 2.86 bits per heavy atom. The number of nitrogen functional groups attached to an aromatic ring is 1. The zero-order valence-corrected chi connectivity index (χ0v) is 16.8. The number of ether oxygens (including phenoxy) is 2. The fraction of sp³-hybridized carbons (Fsp3) is 0.250. The number of aromatic nitrogens is 3. The van der Waals surface area contributed by atoms with Crippen LogP contribution in [-0.2, 0) is 17.8 Å². The van der Waals surface area contributed by atoms with Crippen molar-refractivity contribution in [2.75, 3.05) is 30.1 Å². The summed E-state index contributed by atoms with van der Waals surface area (Å²) in [6.45, 7) is 0.859. The number of fused-ring (bicyclic) bond motifs is 1. The molecule has 0 fully saturated rings. The molecule has 3 aromatic rings. The van der Waals surface area contributed by atoms with E-state index in [1.165, 1.54) is 22.0 Å². The molecule has 2 heterocycles. The van der Waals surface area contributed by atoms with Gasteiger partial charge in [0.05, 0.1) is 12.9 Å². The third kappa shape index (κ3) is 4.14. The average Bonchev–Trinajstić information content (AvgIpc) is 3.34. The molecule has 1 aliphatic rings. The molecule has 150 valence electrons. The molecule has 1 amide bonds. The monoisotopic (exact) mass is 411 g/mol. The number of rotatable bonds is 7. The van der Waals surface area contributed by atoms with Crippen molar-refractivity contribution in [1.82, 2.24) is 14.9 Å². The Labute approximate surface area is 172 Å². The second-order valence-corrected chi connectivity index (χ2v) is 7.39. The van der Waals surface area contributed by atoms with Gasteiger partial charge >= 0.3 is 0 Å². The number of amides is 1.